The molecule has 8 heteroatoms. The lowest BCUT2D eigenvalue weighted by atomic mass is 10.1. The Morgan fingerprint density at radius 3 is 2.68 bits per heavy atom. The third kappa shape index (κ3) is 4.15. The Morgan fingerprint density at radius 2 is 1.94 bits per heavy atom. The molecule has 0 radical (unpaired) electrons. The second-order valence-electron chi connectivity index (χ2n) is 6.99. The number of nitrogens with one attached hydrogen (secondary N) is 1. The summed E-state index contributed by atoms with van der Waals surface area (Å²) in [6, 6.07) is 13.0. The van der Waals surface area contributed by atoms with Crippen LogP contribution < -0.4 is 20.3 Å². The van der Waals surface area contributed by atoms with Crippen LogP contribution in [0.2, 0.25) is 0 Å². The molecule has 0 fully saturated rings. The Balaban J connectivity index is 1.68. The van der Waals surface area contributed by atoms with E-state index in [1.165, 1.54) is 22.2 Å². The van der Waals surface area contributed by atoms with Gasteiger partial charge in [-0.25, -0.2) is 4.98 Å². The van der Waals surface area contributed by atoms with Gasteiger partial charge in [-0.15, -0.1) is 11.3 Å². The van der Waals surface area contributed by atoms with E-state index in [1.54, 1.807) is 20.3 Å². The number of carbonyl (C=O) groups is 1. The molecule has 4 rings (SSSR count). The van der Waals surface area contributed by atoms with E-state index in [9.17, 15) is 9.59 Å². The van der Waals surface area contributed by atoms with E-state index in [1.807, 2.05) is 48.7 Å². The highest BCUT2D eigenvalue weighted by Gasteiger charge is 2.16. The summed E-state index contributed by atoms with van der Waals surface area (Å²) in [5.41, 5.74) is 3.01. The van der Waals surface area contributed by atoms with E-state index in [0.717, 1.165) is 16.7 Å². The van der Waals surface area contributed by atoms with Gasteiger partial charge in [-0.05, 0) is 42.3 Å². The minimum Gasteiger partial charge on any atom is -0.493 e. The van der Waals surface area contributed by atoms with E-state index in [4.69, 9.17) is 9.47 Å². The molecule has 0 aliphatic carbocycles. The summed E-state index contributed by atoms with van der Waals surface area (Å²) in [7, 11) is 3.14. The maximum absolute atomic E-state index is 13.2. The molecular formula is C23H21N3O4S. The van der Waals surface area contributed by atoms with Gasteiger partial charge in [0.1, 0.15) is 11.4 Å². The van der Waals surface area contributed by atoms with Crippen LogP contribution in [0.15, 0.2) is 59.0 Å². The molecule has 0 saturated heterocycles. The average molecular weight is 436 g/mol. The Morgan fingerprint density at radius 1 is 1.13 bits per heavy atom. The van der Waals surface area contributed by atoms with Crippen molar-refractivity contribution in [3.8, 4) is 22.6 Å². The van der Waals surface area contributed by atoms with Gasteiger partial charge in [0.25, 0.3) is 5.56 Å². The van der Waals surface area contributed by atoms with Gasteiger partial charge in [0.15, 0.2) is 11.5 Å². The van der Waals surface area contributed by atoms with E-state index in [-0.39, 0.29) is 18.0 Å². The van der Waals surface area contributed by atoms with Crippen molar-refractivity contribution < 1.29 is 14.3 Å². The smallest absolute Gasteiger partial charge is 0.263 e. The molecule has 0 unspecified atom stereocenters. The van der Waals surface area contributed by atoms with Crippen molar-refractivity contribution in [2.75, 3.05) is 19.5 Å². The predicted octanol–water partition coefficient (Wildman–Crippen LogP) is 4.09. The number of hydrogen-bond donors (Lipinski definition) is 1. The highest BCUT2D eigenvalue weighted by atomic mass is 32.1. The Labute approximate surface area is 182 Å². The van der Waals surface area contributed by atoms with Gasteiger partial charge in [-0.2, -0.15) is 0 Å². The van der Waals surface area contributed by atoms with Crippen molar-refractivity contribution in [3.63, 3.8) is 0 Å². The molecule has 0 spiro atoms. The molecule has 4 aromatic rings. The number of thiophene rings is 1. The highest BCUT2D eigenvalue weighted by Crippen LogP contribution is 2.36. The molecule has 0 aliphatic rings. The third-order valence-electron chi connectivity index (χ3n) is 4.87. The maximum atomic E-state index is 13.2. The third-order valence-corrected chi connectivity index (χ3v) is 5.76. The lowest BCUT2D eigenvalue weighted by molar-refractivity contribution is -0.116. The van der Waals surface area contributed by atoms with Gasteiger partial charge in [0.05, 0.1) is 25.9 Å². The molecule has 2 aromatic carbocycles. The molecule has 0 saturated carbocycles. The lowest BCUT2D eigenvalue weighted by Crippen LogP contribution is -2.27. The first-order chi connectivity index (χ1) is 15.0. The maximum Gasteiger partial charge on any atom is 0.263 e. The van der Waals surface area contributed by atoms with Crippen molar-refractivity contribution in [1.82, 2.24) is 9.55 Å². The Bertz CT molecular complexity index is 1330. The molecule has 2 heterocycles. The predicted molar refractivity (Wildman–Crippen MR) is 122 cm³/mol. The van der Waals surface area contributed by atoms with Gasteiger partial charge in [-0.3, -0.25) is 14.2 Å². The van der Waals surface area contributed by atoms with E-state index in [0.29, 0.717) is 27.4 Å². The molecular weight excluding hydrogens is 414 g/mol. The van der Waals surface area contributed by atoms with Gasteiger partial charge in [0.2, 0.25) is 5.91 Å². The summed E-state index contributed by atoms with van der Waals surface area (Å²) in [6.45, 7) is 1.82. The highest BCUT2D eigenvalue weighted by molar-refractivity contribution is 7.17. The fourth-order valence-electron chi connectivity index (χ4n) is 3.37. The normalized spacial score (nSPS) is 10.8. The number of amides is 1. The van der Waals surface area contributed by atoms with Crippen LogP contribution >= 0.6 is 11.3 Å². The minimum atomic E-state index is -0.295. The number of hydrogen-bond acceptors (Lipinski definition) is 6. The molecule has 1 N–H and O–H groups in total. The molecule has 0 aliphatic heterocycles. The van der Waals surface area contributed by atoms with Crippen LogP contribution in [0.25, 0.3) is 21.3 Å². The van der Waals surface area contributed by atoms with Crippen LogP contribution in [-0.2, 0) is 11.3 Å². The first-order valence-corrected chi connectivity index (χ1v) is 10.4. The summed E-state index contributed by atoms with van der Waals surface area (Å²) >= 11 is 1.38. The second kappa shape index (κ2) is 8.61. The van der Waals surface area contributed by atoms with E-state index >= 15 is 0 Å². The fourth-order valence-corrected chi connectivity index (χ4v) is 4.28. The second-order valence-corrected chi connectivity index (χ2v) is 7.85. The van der Waals surface area contributed by atoms with Crippen molar-refractivity contribution in [2.45, 2.75) is 13.5 Å². The number of nitrogens with zero attached hydrogens (tertiary/aromatic N) is 2. The zero-order valence-corrected chi connectivity index (χ0v) is 18.2. The first kappa shape index (κ1) is 20.6. The van der Waals surface area contributed by atoms with Crippen LogP contribution in [0.3, 0.4) is 0 Å². The van der Waals surface area contributed by atoms with Crippen molar-refractivity contribution in [2.24, 2.45) is 0 Å². The summed E-state index contributed by atoms with van der Waals surface area (Å²) in [5.74, 6) is 0.881. The van der Waals surface area contributed by atoms with Crippen molar-refractivity contribution >= 4 is 33.1 Å². The van der Waals surface area contributed by atoms with Crippen molar-refractivity contribution in [3.05, 3.63) is 70.1 Å². The molecule has 1 amide bonds. The van der Waals surface area contributed by atoms with Gasteiger partial charge < -0.3 is 14.8 Å². The largest absolute Gasteiger partial charge is 0.493 e. The monoisotopic (exact) mass is 435 g/mol. The summed E-state index contributed by atoms with van der Waals surface area (Å²) in [4.78, 5) is 30.7. The zero-order chi connectivity index (χ0) is 22.0. The number of methoxy groups -OCH3 is 2. The van der Waals surface area contributed by atoms with Crippen LogP contribution in [0.5, 0.6) is 11.5 Å². The van der Waals surface area contributed by atoms with E-state index in [2.05, 4.69) is 10.3 Å². The van der Waals surface area contributed by atoms with Gasteiger partial charge in [-0.1, -0.05) is 18.2 Å². The minimum absolute atomic E-state index is 0.128. The fraction of sp³-hybridized carbons (Fsp3) is 0.174. The molecule has 7 nitrogen and oxygen atoms in total. The Kier molecular flexibility index (Phi) is 5.73. The number of aromatic nitrogens is 2. The number of carbonyl (C=O) groups excluding carboxylic acids is 1. The summed E-state index contributed by atoms with van der Waals surface area (Å²) in [6.07, 6.45) is 1.41. The first-order valence-electron chi connectivity index (χ1n) is 9.55. The quantitative estimate of drug-likeness (QED) is 0.493. The number of benzene rings is 2. The number of anilines is 1. The van der Waals surface area contributed by atoms with Crippen LogP contribution in [0.4, 0.5) is 5.69 Å². The number of ether oxygens (including phenoxy) is 2. The standard InChI is InChI=1S/C23H21N3O4S/c1-14-5-4-6-16(9-14)25-20(27)11-26-13-24-22-21(23(26)28)17(12-31-22)15-7-8-18(29-2)19(10-15)30-3/h4-10,12-13H,11H2,1-3H3,(H,25,27). The molecule has 2 aromatic heterocycles. The van der Waals surface area contributed by atoms with E-state index < -0.39 is 0 Å². The summed E-state index contributed by atoms with van der Waals surface area (Å²) in [5, 5.41) is 5.18. The molecule has 31 heavy (non-hydrogen) atoms. The Hall–Kier alpha value is -3.65. The van der Waals surface area contributed by atoms with Crippen molar-refractivity contribution in [1.29, 1.82) is 0 Å². The van der Waals surface area contributed by atoms with Crippen LogP contribution in [0, 0.1) is 6.92 Å². The number of aryl methyl sites for hydroxylation is 1. The molecule has 0 bridgehead atoms. The number of rotatable bonds is 6. The zero-order valence-electron chi connectivity index (χ0n) is 17.3. The lowest BCUT2D eigenvalue weighted by Gasteiger charge is -2.10. The topological polar surface area (TPSA) is 82.5 Å². The van der Waals surface area contributed by atoms with Gasteiger partial charge in [0, 0.05) is 16.6 Å². The molecule has 158 valence electrons. The number of fused-ring (bicyclic) bond motifs is 1. The molecule has 0 atom stereocenters. The van der Waals surface area contributed by atoms with Gasteiger partial charge >= 0.3 is 0 Å². The summed E-state index contributed by atoms with van der Waals surface area (Å²) < 4.78 is 12.0. The van der Waals surface area contributed by atoms with Crippen LogP contribution in [0.1, 0.15) is 5.56 Å². The average Bonchev–Trinajstić information content (AvgIpc) is 3.20. The van der Waals surface area contributed by atoms with Crippen LogP contribution in [-0.4, -0.2) is 29.7 Å². The SMILES string of the molecule is COc1ccc(-c2csc3ncn(CC(=O)Nc4cccc(C)c4)c(=O)c23)cc1OC.